The molecule has 2 aromatic rings. The normalized spacial score (nSPS) is 18.0. The summed E-state index contributed by atoms with van der Waals surface area (Å²) in [6.45, 7) is 4.45. The average molecular weight is 394 g/mol. The first kappa shape index (κ1) is 18.3. The molecule has 1 amide bonds. The number of ether oxygens (including phenoxy) is 3. The molecule has 1 saturated heterocycles. The Bertz CT molecular complexity index is 906. The largest absolute Gasteiger partial charge is 0.484 e. The van der Waals surface area contributed by atoms with Gasteiger partial charge in [-0.2, -0.15) is 0 Å². The highest BCUT2D eigenvalue weighted by Gasteiger charge is 2.22. The van der Waals surface area contributed by atoms with Crippen LogP contribution < -0.4 is 14.2 Å². The van der Waals surface area contributed by atoms with E-state index in [1.165, 1.54) is 23.1 Å². The van der Waals surface area contributed by atoms with Gasteiger partial charge in [0.1, 0.15) is 5.75 Å². The highest BCUT2D eigenvalue weighted by molar-refractivity contribution is 5.77. The van der Waals surface area contributed by atoms with Crippen molar-refractivity contribution < 1.29 is 19.0 Å². The molecule has 0 atom stereocenters. The predicted molar refractivity (Wildman–Crippen MR) is 108 cm³/mol. The monoisotopic (exact) mass is 394 g/mol. The molecule has 29 heavy (non-hydrogen) atoms. The number of nitrogens with zero attached hydrogens (tertiary/aromatic N) is 2. The number of carbonyl (C=O) groups is 1. The maximum absolute atomic E-state index is 12.6. The van der Waals surface area contributed by atoms with Gasteiger partial charge in [0.2, 0.25) is 6.79 Å². The Hall–Kier alpha value is -2.73. The van der Waals surface area contributed by atoms with E-state index in [1.807, 2.05) is 23.1 Å². The van der Waals surface area contributed by atoms with Gasteiger partial charge >= 0.3 is 0 Å². The van der Waals surface area contributed by atoms with Crippen molar-refractivity contribution in [2.24, 2.45) is 0 Å². The van der Waals surface area contributed by atoms with E-state index in [1.54, 1.807) is 0 Å². The lowest BCUT2D eigenvalue weighted by Crippen LogP contribution is -2.49. The van der Waals surface area contributed by atoms with Crippen LogP contribution in [0, 0.1) is 0 Å². The van der Waals surface area contributed by atoms with Crippen molar-refractivity contribution in [3.63, 3.8) is 0 Å². The van der Waals surface area contributed by atoms with Gasteiger partial charge in [0.15, 0.2) is 18.1 Å². The number of piperazine rings is 1. The number of hydrogen-bond acceptors (Lipinski definition) is 5. The van der Waals surface area contributed by atoms with Gasteiger partial charge in [0.25, 0.3) is 5.91 Å². The van der Waals surface area contributed by atoms with E-state index in [9.17, 15) is 4.79 Å². The zero-order valence-corrected chi connectivity index (χ0v) is 16.6. The van der Waals surface area contributed by atoms with Crippen molar-refractivity contribution in [1.82, 2.24) is 9.80 Å². The van der Waals surface area contributed by atoms with Crippen LogP contribution in [0.4, 0.5) is 0 Å². The average Bonchev–Trinajstić information content (AvgIpc) is 3.41. The second kappa shape index (κ2) is 7.95. The van der Waals surface area contributed by atoms with Crippen LogP contribution >= 0.6 is 0 Å². The van der Waals surface area contributed by atoms with E-state index in [2.05, 4.69) is 23.1 Å². The first-order chi connectivity index (χ1) is 14.2. The van der Waals surface area contributed by atoms with Gasteiger partial charge < -0.3 is 19.1 Å². The Labute approximate surface area is 171 Å². The summed E-state index contributed by atoms with van der Waals surface area (Å²) in [5.74, 6) is 2.50. The molecular weight excluding hydrogens is 368 g/mol. The first-order valence-electron chi connectivity index (χ1n) is 10.4. The molecule has 0 saturated carbocycles. The third-order valence-electron chi connectivity index (χ3n) is 6.00. The molecule has 1 fully saturated rings. The van der Waals surface area contributed by atoms with Crippen LogP contribution in [0.15, 0.2) is 36.4 Å². The minimum absolute atomic E-state index is 0.0632. The maximum Gasteiger partial charge on any atom is 0.260 e. The van der Waals surface area contributed by atoms with Crippen LogP contribution in [0.3, 0.4) is 0 Å². The smallest absolute Gasteiger partial charge is 0.260 e. The Kier molecular flexibility index (Phi) is 5.02. The molecule has 0 bridgehead atoms. The van der Waals surface area contributed by atoms with E-state index in [0.29, 0.717) is 6.79 Å². The van der Waals surface area contributed by atoms with E-state index >= 15 is 0 Å². The summed E-state index contributed by atoms with van der Waals surface area (Å²) < 4.78 is 16.6. The van der Waals surface area contributed by atoms with E-state index in [0.717, 1.165) is 62.8 Å². The maximum atomic E-state index is 12.6. The third-order valence-corrected chi connectivity index (χ3v) is 6.00. The molecular formula is C23H26N2O4. The summed E-state index contributed by atoms with van der Waals surface area (Å²) in [6.07, 6.45) is 3.49. The molecule has 0 N–H and O–H groups in total. The predicted octanol–water partition coefficient (Wildman–Crippen LogP) is 2.63. The molecule has 2 aliphatic heterocycles. The second-order valence-electron chi connectivity index (χ2n) is 7.92. The Morgan fingerprint density at radius 1 is 0.931 bits per heavy atom. The fraction of sp³-hybridized carbons (Fsp3) is 0.435. The summed E-state index contributed by atoms with van der Waals surface area (Å²) in [5, 5.41) is 0. The lowest BCUT2D eigenvalue weighted by atomic mass is 10.1. The van der Waals surface area contributed by atoms with E-state index < -0.39 is 0 Å². The third kappa shape index (κ3) is 4.03. The van der Waals surface area contributed by atoms with Gasteiger partial charge in [0, 0.05) is 32.7 Å². The van der Waals surface area contributed by atoms with E-state index in [4.69, 9.17) is 14.2 Å². The SMILES string of the molecule is O=C(COc1ccc2c(c1)CCC2)N1CCN(Cc2ccc3c(c2)OCO3)CC1. The van der Waals surface area contributed by atoms with Gasteiger partial charge in [-0.3, -0.25) is 9.69 Å². The Balaban J connectivity index is 1.09. The molecule has 2 heterocycles. The fourth-order valence-corrected chi connectivity index (χ4v) is 4.33. The van der Waals surface area contributed by atoms with Gasteiger partial charge in [-0.1, -0.05) is 12.1 Å². The molecule has 0 spiro atoms. The number of aryl methyl sites for hydroxylation is 2. The molecule has 152 valence electrons. The van der Waals surface area contributed by atoms with Gasteiger partial charge in [-0.05, 0) is 60.2 Å². The summed E-state index contributed by atoms with van der Waals surface area (Å²) in [7, 11) is 0. The number of carbonyl (C=O) groups excluding carboxylic acids is 1. The van der Waals surface area contributed by atoms with Crippen LogP contribution in [0.5, 0.6) is 17.2 Å². The second-order valence-corrected chi connectivity index (χ2v) is 7.92. The van der Waals surface area contributed by atoms with Crippen LogP contribution in [0.2, 0.25) is 0 Å². The van der Waals surface area contributed by atoms with Crippen LogP contribution in [0.1, 0.15) is 23.1 Å². The minimum Gasteiger partial charge on any atom is -0.484 e. The molecule has 0 radical (unpaired) electrons. The highest BCUT2D eigenvalue weighted by atomic mass is 16.7. The van der Waals surface area contributed by atoms with Crippen molar-refractivity contribution in [2.75, 3.05) is 39.6 Å². The molecule has 0 unspecified atom stereocenters. The Morgan fingerprint density at radius 3 is 2.66 bits per heavy atom. The van der Waals surface area contributed by atoms with Crippen molar-refractivity contribution in [3.05, 3.63) is 53.1 Å². The fourth-order valence-electron chi connectivity index (χ4n) is 4.33. The molecule has 6 nitrogen and oxygen atoms in total. The minimum atomic E-state index is 0.0632. The van der Waals surface area contributed by atoms with Gasteiger partial charge in [-0.15, -0.1) is 0 Å². The van der Waals surface area contributed by atoms with Gasteiger partial charge in [-0.25, -0.2) is 0 Å². The summed E-state index contributed by atoms with van der Waals surface area (Å²) in [6, 6.07) is 12.3. The zero-order valence-electron chi connectivity index (χ0n) is 16.6. The molecule has 3 aliphatic rings. The molecule has 1 aliphatic carbocycles. The lowest BCUT2D eigenvalue weighted by molar-refractivity contribution is -0.135. The van der Waals surface area contributed by atoms with Crippen molar-refractivity contribution in [1.29, 1.82) is 0 Å². The quantitative estimate of drug-likeness (QED) is 0.780. The number of amides is 1. The van der Waals surface area contributed by atoms with Crippen LogP contribution in [-0.4, -0.2) is 55.3 Å². The number of benzene rings is 2. The van der Waals surface area contributed by atoms with Crippen LogP contribution in [0.25, 0.3) is 0 Å². The lowest BCUT2D eigenvalue weighted by Gasteiger charge is -2.34. The summed E-state index contributed by atoms with van der Waals surface area (Å²) >= 11 is 0. The topological polar surface area (TPSA) is 51.2 Å². The summed E-state index contributed by atoms with van der Waals surface area (Å²) in [5.41, 5.74) is 3.99. The summed E-state index contributed by atoms with van der Waals surface area (Å²) in [4.78, 5) is 16.8. The first-order valence-corrected chi connectivity index (χ1v) is 10.4. The standard InChI is InChI=1S/C23H26N2O4/c26-23(15-27-20-6-5-18-2-1-3-19(18)13-20)25-10-8-24(9-11-25)14-17-4-7-21-22(12-17)29-16-28-21/h4-7,12-13H,1-3,8-11,14-16H2. The number of rotatable bonds is 5. The van der Waals surface area contributed by atoms with Crippen molar-refractivity contribution in [3.8, 4) is 17.2 Å². The zero-order chi connectivity index (χ0) is 19.6. The molecule has 2 aromatic carbocycles. The molecule has 5 rings (SSSR count). The number of fused-ring (bicyclic) bond motifs is 2. The Morgan fingerprint density at radius 2 is 1.76 bits per heavy atom. The number of hydrogen-bond donors (Lipinski definition) is 0. The molecule has 0 aromatic heterocycles. The van der Waals surface area contributed by atoms with Gasteiger partial charge in [0.05, 0.1) is 0 Å². The van der Waals surface area contributed by atoms with Crippen molar-refractivity contribution >= 4 is 5.91 Å². The molecule has 6 heteroatoms. The van der Waals surface area contributed by atoms with E-state index in [-0.39, 0.29) is 12.5 Å². The van der Waals surface area contributed by atoms with Crippen LogP contribution in [-0.2, 0) is 24.2 Å². The van der Waals surface area contributed by atoms with Crippen molar-refractivity contribution in [2.45, 2.75) is 25.8 Å². The highest BCUT2D eigenvalue weighted by Crippen LogP contribution is 2.33.